The van der Waals surface area contributed by atoms with Gasteiger partial charge in [-0.1, -0.05) is 0 Å². The molecule has 4 N–H and O–H groups in total. The second-order valence-electron chi connectivity index (χ2n) is 3.10. The molecule has 0 amide bonds. The Hall–Kier alpha value is 0.230. The average molecular weight is 206 g/mol. The van der Waals surface area contributed by atoms with Crippen molar-refractivity contribution in [1.82, 2.24) is 5.32 Å². The SMILES string of the molecule is CSCCC(CN)NCCCCO. The van der Waals surface area contributed by atoms with Crippen molar-refractivity contribution in [3.63, 3.8) is 0 Å². The first kappa shape index (κ1) is 13.2. The number of nitrogens with one attached hydrogen (secondary N) is 1. The molecule has 0 aliphatic carbocycles. The Balaban J connectivity index is 3.25. The van der Waals surface area contributed by atoms with E-state index in [0.717, 1.165) is 31.6 Å². The zero-order chi connectivity index (χ0) is 9.94. The summed E-state index contributed by atoms with van der Waals surface area (Å²) in [5, 5.41) is 12.0. The highest BCUT2D eigenvalue weighted by atomic mass is 32.2. The summed E-state index contributed by atoms with van der Waals surface area (Å²) < 4.78 is 0. The zero-order valence-corrected chi connectivity index (χ0v) is 9.28. The molecule has 0 aromatic carbocycles. The number of aliphatic hydroxyl groups is 1. The first-order valence-corrected chi connectivity index (χ1v) is 6.27. The van der Waals surface area contributed by atoms with Crippen LogP contribution in [0.5, 0.6) is 0 Å². The molecular weight excluding hydrogens is 184 g/mol. The van der Waals surface area contributed by atoms with Gasteiger partial charge >= 0.3 is 0 Å². The third kappa shape index (κ3) is 8.56. The fraction of sp³-hybridized carbons (Fsp3) is 1.00. The summed E-state index contributed by atoms with van der Waals surface area (Å²) in [6.07, 6.45) is 5.16. The van der Waals surface area contributed by atoms with Gasteiger partial charge in [-0.25, -0.2) is 0 Å². The highest BCUT2D eigenvalue weighted by molar-refractivity contribution is 7.98. The normalized spacial score (nSPS) is 13.2. The first-order valence-electron chi connectivity index (χ1n) is 4.88. The van der Waals surface area contributed by atoms with Crippen LogP contribution in [0, 0.1) is 0 Å². The second-order valence-corrected chi connectivity index (χ2v) is 4.08. The Bertz CT molecular complexity index is 104. The monoisotopic (exact) mass is 206 g/mol. The molecule has 0 radical (unpaired) electrons. The number of nitrogens with two attached hydrogens (primary N) is 1. The summed E-state index contributed by atoms with van der Waals surface area (Å²) >= 11 is 1.85. The minimum absolute atomic E-state index is 0.291. The minimum atomic E-state index is 0.291. The molecule has 4 heteroatoms. The molecule has 0 heterocycles. The lowest BCUT2D eigenvalue weighted by Gasteiger charge is -2.15. The quantitative estimate of drug-likeness (QED) is 0.479. The lowest BCUT2D eigenvalue weighted by Crippen LogP contribution is -2.37. The van der Waals surface area contributed by atoms with Crippen LogP contribution in [0.4, 0.5) is 0 Å². The molecule has 0 saturated heterocycles. The second kappa shape index (κ2) is 10.3. The van der Waals surface area contributed by atoms with Crippen LogP contribution in [0.2, 0.25) is 0 Å². The lowest BCUT2D eigenvalue weighted by molar-refractivity contribution is 0.282. The molecule has 0 aromatic heterocycles. The van der Waals surface area contributed by atoms with Gasteiger partial charge < -0.3 is 16.2 Å². The van der Waals surface area contributed by atoms with E-state index in [9.17, 15) is 0 Å². The van der Waals surface area contributed by atoms with Gasteiger partial charge in [0.2, 0.25) is 0 Å². The van der Waals surface area contributed by atoms with Gasteiger partial charge in [0, 0.05) is 19.2 Å². The maximum Gasteiger partial charge on any atom is 0.0431 e. The Labute approximate surface area is 85.5 Å². The average Bonchev–Trinajstić information content (AvgIpc) is 2.17. The van der Waals surface area contributed by atoms with E-state index < -0.39 is 0 Å². The van der Waals surface area contributed by atoms with Gasteiger partial charge in [0.05, 0.1) is 0 Å². The zero-order valence-electron chi connectivity index (χ0n) is 8.46. The van der Waals surface area contributed by atoms with Crippen molar-refractivity contribution in [2.24, 2.45) is 5.73 Å². The Morgan fingerprint density at radius 3 is 2.77 bits per heavy atom. The van der Waals surface area contributed by atoms with E-state index in [1.165, 1.54) is 0 Å². The van der Waals surface area contributed by atoms with E-state index in [2.05, 4.69) is 11.6 Å². The molecule has 0 bridgehead atoms. The van der Waals surface area contributed by atoms with E-state index in [-0.39, 0.29) is 0 Å². The van der Waals surface area contributed by atoms with E-state index in [4.69, 9.17) is 10.8 Å². The Kier molecular flexibility index (Phi) is 10.5. The lowest BCUT2D eigenvalue weighted by atomic mass is 10.2. The molecule has 0 fully saturated rings. The third-order valence-corrected chi connectivity index (χ3v) is 2.62. The van der Waals surface area contributed by atoms with Gasteiger partial charge in [0.15, 0.2) is 0 Å². The van der Waals surface area contributed by atoms with Crippen LogP contribution < -0.4 is 11.1 Å². The van der Waals surface area contributed by atoms with Crippen LogP contribution in [0.3, 0.4) is 0 Å². The van der Waals surface area contributed by atoms with Gasteiger partial charge in [-0.2, -0.15) is 11.8 Å². The van der Waals surface area contributed by atoms with Gasteiger partial charge in [0.1, 0.15) is 0 Å². The predicted molar refractivity (Wildman–Crippen MR) is 60.2 cm³/mol. The van der Waals surface area contributed by atoms with Crippen molar-refractivity contribution >= 4 is 11.8 Å². The first-order chi connectivity index (χ1) is 6.35. The van der Waals surface area contributed by atoms with E-state index >= 15 is 0 Å². The van der Waals surface area contributed by atoms with Crippen LogP contribution >= 0.6 is 11.8 Å². The number of hydrogen-bond acceptors (Lipinski definition) is 4. The molecule has 0 aliphatic rings. The molecule has 0 rings (SSSR count). The molecule has 0 aromatic rings. The summed E-state index contributed by atoms with van der Waals surface area (Å²) in [6, 6.07) is 0.450. The van der Waals surface area contributed by atoms with Crippen LogP contribution in [-0.2, 0) is 0 Å². The van der Waals surface area contributed by atoms with Crippen molar-refractivity contribution in [2.75, 3.05) is 31.7 Å². The maximum atomic E-state index is 8.57. The van der Waals surface area contributed by atoms with Gasteiger partial charge in [-0.3, -0.25) is 0 Å². The molecule has 0 spiro atoms. The number of rotatable bonds is 9. The molecule has 1 atom stereocenters. The van der Waals surface area contributed by atoms with E-state index in [1.54, 1.807) is 0 Å². The maximum absolute atomic E-state index is 8.57. The molecule has 0 saturated carbocycles. The van der Waals surface area contributed by atoms with E-state index in [0.29, 0.717) is 19.2 Å². The van der Waals surface area contributed by atoms with Crippen molar-refractivity contribution in [3.8, 4) is 0 Å². The standard InChI is InChI=1S/C9H22N2OS/c1-13-7-4-9(8-10)11-5-2-3-6-12/h9,11-12H,2-8,10H2,1H3. The molecule has 3 nitrogen and oxygen atoms in total. The minimum Gasteiger partial charge on any atom is -0.396 e. The summed E-state index contributed by atoms with van der Waals surface area (Å²) in [6.45, 7) is 1.97. The molecule has 0 aliphatic heterocycles. The summed E-state index contributed by atoms with van der Waals surface area (Å²) in [5.74, 6) is 1.16. The largest absolute Gasteiger partial charge is 0.396 e. The van der Waals surface area contributed by atoms with Gasteiger partial charge in [0.25, 0.3) is 0 Å². The highest BCUT2D eigenvalue weighted by Gasteiger charge is 2.03. The third-order valence-electron chi connectivity index (χ3n) is 1.97. The topological polar surface area (TPSA) is 58.3 Å². The number of unbranched alkanes of at least 4 members (excludes halogenated alkanes) is 1. The smallest absolute Gasteiger partial charge is 0.0431 e. The van der Waals surface area contributed by atoms with Crippen molar-refractivity contribution < 1.29 is 5.11 Å². The predicted octanol–water partition coefficient (Wildman–Crippen LogP) is 0.429. The van der Waals surface area contributed by atoms with E-state index in [1.807, 2.05) is 11.8 Å². The van der Waals surface area contributed by atoms with Crippen molar-refractivity contribution in [2.45, 2.75) is 25.3 Å². The Morgan fingerprint density at radius 2 is 2.23 bits per heavy atom. The Morgan fingerprint density at radius 1 is 1.46 bits per heavy atom. The van der Waals surface area contributed by atoms with Gasteiger partial charge in [-0.05, 0) is 37.8 Å². The molecule has 13 heavy (non-hydrogen) atoms. The highest BCUT2D eigenvalue weighted by Crippen LogP contribution is 1.99. The number of aliphatic hydroxyl groups excluding tert-OH is 1. The van der Waals surface area contributed by atoms with Crippen molar-refractivity contribution in [1.29, 1.82) is 0 Å². The van der Waals surface area contributed by atoms with Crippen molar-refractivity contribution in [3.05, 3.63) is 0 Å². The molecule has 1 unspecified atom stereocenters. The fourth-order valence-corrected chi connectivity index (χ4v) is 1.63. The fourth-order valence-electron chi connectivity index (χ4n) is 1.11. The number of hydrogen-bond donors (Lipinski definition) is 3. The van der Waals surface area contributed by atoms with Gasteiger partial charge in [-0.15, -0.1) is 0 Å². The summed E-state index contributed by atoms with van der Waals surface area (Å²) in [4.78, 5) is 0. The van der Waals surface area contributed by atoms with Crippen LogP contribution in [0.25, 0.3) is 0 Å². The molecular formula is C9H22N2OS. The van der Waals surface area contributed by atoms with Crippen LogP contribution in [0.1, 0.15) is 19.3 Å². The summed E-state index contributed by atoms with van der Waals surface area (Å²) in [7, 11) is 0. The van der Waals surface area contributed by atoms with Crippen LogP contribution in [0.15, 0.2) is 0 Å². The van der Waals surface area contributed by atoms with Crippen LogP contribution in [-0.4, -0.2) is 42.9 Å². The summed E-state index contributed by atoms with van der Waals surface area (Å²) in [5.41, 5.74) is 5.61. The number of thioether (sulfide) groups is 1. The molecule has 80 valence electrons.